The van der Waals surface area contributed by atoms with E-state index in [0.29, 0.717) is 28.5 Å². The van der Waals surface area contributed by atoms with Gasteiger partial charge >= 0.3 is 0 Å². The molecular formula is C24H20N6O5. The molecule has 0 aliphatic carbocycles. The van der Waals surface area contributed by atoms with Crippen molar-refractivity contribution in [3.05, 3.63) is 71.8 Å². The van der Waals surface area contributed by atoms with Crippen LogP contribution in [0.25, 0.3) is 17.0 Å². The number of amides is 3. The van der Waals surface area contributed by atoms with E-state index in [0.717, 1.165) is 16.2 Å². The molecule has 1 N–H and O–H groups in total. The topological polar surface area (TPSA) is 128 Å². The van der Waals surface area contributed by atoms with Gasteiger partial charge in [0.05, 0.1) is 24.8 Å². The minimum absolute atomic E-state index is 0.131. The van der Waals surface area contributed by atoms with E-state index < -0.39 is 17.7 Å². The molecule has 1 aliphatic rings. The van der Waals surface area contributed by atoms with Gasteiger partial charge in [0.15, 0.2) is 11.5 Å². The first-order chi connectivity index (χ1) is 17.0. The number of carbonyl (C=O) groups is 3. The van der Waals surface area contributed by atoms with E-state index in [1.807, 2.05) is 24.3 Å². The summed E-state index contributed by atoms with van der Waals surface area (Å²) >= 11 is 0. The van der Waals surface area contributed by atoms with Crippen LogP contribution in [0.5, 0.6) is 11.6 Å². The number of ether oxygens (including phenoxy) is 2. The van der Waals surface area contributed by atoms with Crippen LogP contribution >= 0.6 is 0 Å². The number of imide groups is 1. The van der Waals surface area contributed by atoms with Gasteiger partial charge in [-0.05, 0) is 42.5 Å². The highest BCUT2D eigenvalue weighted by atomic mass is 16.5. The van der Waals surface area contributed by atoms with Crippen molar-refractivity contribution in [2.24, 2.45) is 0 Å². The summed E-state index contributed by atoms with van der Waals surface area (Å²) in [4.78, 5) is 38.0. The number of nitrogens with one attached hydrogen (secondary N) is 1. The molecular weight excluding hydrogens is 452 g/mol. The van der Waals surface area contributed by atoms with Crippen LogP contribution in [0.4, 0.5) is 0 Å². The van der Waals surface area contributed by atoms with E-state index in [-0.39, 0.29) is 19.7 Å². The molecule has 3 heterocycles. The van der Waals surface area contributed by atoms with E-state index >= 15 is 0 Å². The van der Waals surface area contributed by atoms with Crippen LogP contribution in [0, 0.1) is 0 Å². The van der Waals surface area contributed by atoms with E-state index in [9.17, 15) is 14.4 Å². The standard InChI is InChI=1S/C24H20N6O5/c1-34-16-8-6-15(7-9-16)22-27-26-19-10-11-21(28-30(19)22)35-13-12-25-20(31)14-29-23(32)17-4-2-3-5-18(17)24(29)33/h2-11H,12-14H2,1H3,(H,25,31). The highest BCUT2D eigenvalue weighted by molar-refractivity contribution is 6.22. The Hall–Kier alpha value is -4.80. The minimum atomic E-state index is -0.476. The van der Waals surface area contributed by atoms with Crippen molar-refractivity contribution < 1.29 is 23.9 Å². The van der Waals surface area contributed by atoms with Gasteiger partial charge in [-0.15, -0.1) is 15.3 Å². The fourth-order valence-electron chi connectivity index (χ4n) is 3.70. The zero-order valence-corrected chi connectivity index (χ0v) is 18.7. The van der Waals surface area contributed by atoms with Crippen LogP contribution in [0.2, 0.25) is 0 Å². The normalized spacial score (nSPS) is 12.7. The first kappa shape index (κ1) is 22.0. The van der Waals surface area contributed by atoms with Crippen molar-refractivity contribution >= 4 is 23.4 Å². The molecule has 11 nitrogen and oxygen atoms in total. The minimum Gasteiger partial charge on any atom is -0.497 e. The highest BCUT2D eigenvalue weighted by Gasteiger charge is 2.36. The second-order valence-electron chi connectivity index (χ2n) is 7.63. The second kappa shape index (κ2) is 9.21. The summed E-state index contributed by atoms with van der Waals surface area (Å²) in [5.74, 6) is 0.174. The molecule has 0 bridgehead atoms. The van der Waals surface area contributed by atoms with Gasteiger partial charge < -0.3 is 14.8 Å². The van der Waals surface area contributed by atoms with E-state index in [1.54, 1.807) is 48.0 Å². The molecule has 2 aromatic carbocycles. The smallest absolute Gasteiger partial charge is 0.262 e. The van der Waals surface area contributed by atoms with Crippen LogP contribution in [0.1, 0.15) is 20.7 Å². The third kappa shape index (κ3) is 4.26. The van der Waals surface area contributed by atoms with Crippen LogP contribution in [-0.2, 0) is 4.79 Å². The fourth-order valence-corrected chi connectivity index (χ4v) is 3.70. The molecule has 1 aliphatic heterocycles. The van der Waals surface area contributed by atoms with Crippen LogP contribution < -0.4 is 14.8 Å². The van der Waals surface area contributed by atoms with Gasteiger partial charge in [-0.25, -0.2) is 0 Å². The lowest BCUT2D eigenvalue weighted by atomic mass is 10.1. The number of hydrogen-bond donors (Lipinski definition) is 1. The van der Waals surface area contributed by atoms with Crippen molar-refractivity contribution in [2.45, 2.75) is 0 Å². The lowest BCUT2D eigenvalue weighted by molar-refractivity contribution is -0.121. The Balaban J connectivity index is 1.16. The Morgan fingerprint density at radius 1 is 0.943 bits per heavy atom. The first-order valence-corrected chi connectivity index (χ1v) is 10.8. The van der Waals surface area contributed by atoms with Gasteiger partial charge in [0, 0.05) is 11.6 Å². The number of fused-ring (bicyclic) bond motifs is 2. The molecule has 0 atom stereocenters. The molecule has 0 saturated heterocycles. The van der Waals surface area contributed by atoms with Crippen LogP contribution in [0.3, 0.4) is 0 Å². The third-order valence-electron chi connectivity index (χ3n) is 5.44. The largest absolute Gasteiger partial charge is 0.497 e. The average Bonchev–Trinajstić information content (AvgIpc) is 3.41. The predicted molar refractivity (Wildman–Crippen MR) is 123 cm³/mol. The van der Waals surface area contributed by atoms with Crippen molar-refractivity contribution in [3.8, 4) is 23.0 Å². The molecule has 4 aromatic rings. The lowest BCUT2D eigenvalue weighted by Gasteiger charge is -2.13. The summed E-state index contributed by atoms with van der Waals surface area (Å²) in [6.45, 7) is -0.0654. The molecule has 5 rings (SSSR count). The monoisotopic (exact) mass is 472 g/mol. The summed E-state index contributed by atoms with van der Waals surface area (Å²) < 4.78 is 12.4. The van der Waals surface area contributed by atoms with Gasteiger partial charge in [0.2, 0.25) is 11.8 Å². The van der Waals surface area contributed by atoms with Crippen LogP contribution in [-0.4, -0.2) is 69.2 Å². The third-order valence-corrected chi connectivity index (χ3v) is 5.44. The Bertz CT molecular complexity index is 1400. The zero-order valence-electron chi connectivity index (χ0n) is 18.7. The lowest BCUT2D eigenvalue weighted by Crippen LogP contribution is -2.41. The van der Waals surface area contributed by atoms with Gasteiger partial charge in [0.1, 0.15) is 18.9 Å². The molecule has 0 radical (unpaired) electrons. The zero-order chi connectivity index (χ0) is 24.4. The Labute approximate surface area is 199 Å². The molecule has 11 heteroatoms. The fraction of sp³-hybridized carbons (Fsp3) is 0.167. The highest BCUT2D eigenvalue weighted by Crippen LogP contribution is 2.23. The Kier molecular flexibility index (Phi) is 5.80. The number of nitrogens with zero attached hydrogens (tertiary/aromatic N) is 5. The average molecular weight is 472 g/mol. The molecule has 0 fully saturated rings. The van der Waals surface area contributed by atoms with Gasteiger partial charge in [-0.1, -0.05) is 12.1 Å². The van der Waals surface area contributed by atoms with Crippen molar-refractivity contribution in [2.75, 3.05) is 26.8 Å². The summed E-state index contributed by atoms with van der Waals surface area (Å²) in [6, 6.07) is 17.2. The second-order valence-corrected chi connectivity index (χ2v) is 7.63. The quantitative estimate of drug-likeness (QED) is 0.303. The Morgan fingerprint density at radius 3 is 2.34 bits per heavy atom. The number of methoxy groups -OCH3 is 1. The maximum absolute atomic E-state index is 12.4. The summed E-state index contributed by atoms with van der Waals surface area (Å²) in [5, 5.41) is 15.4. The first-order valence-electron chi connectivity index (χ1n) is 10.8. The van der Waals surface area contributed by atoms with E-state index in [1.165, 1.54) is 0 Å². The SMILES string of the molecule is COc1ccc(-c2nnc3ccc(OCCNC(=O)CN4C(=O)c5ccccc5C4=O)nn23)cc1. The van der Waals surface area contributed by atoms with Crippen molar-refractivity contribution in [1.29, 1.82) is 0 Å². The van der Waals surface area contributed by atoms with Gasteiger partial charge in [-0.2, -0.15) is 4.52 Å². The molecule has 2 aromatic heterocycles. The molecule has 0 saturated carbocycles. The summed E-state index contributed by atoms with van der Waals surface area (Å²) in [5.41, 5.74) is 1.97. The predicted octanol–water partition coefficient (Wildman–Crippen LogP) is 1.59. The van der Waals surface area contributed by atoms with Gasteiger partial charge in [0.25, 0.3) is 11.8 Å². The molecule has 176 valence electrons. The molecule has 35 heavy (non-hydrogen) atoms. The van der Waals surface area contributed by atoms with Crippen molar-refractivity contribution in [1.82, 2.24) is 30.0 Å². The summed E-state index contributed by atoms with van der Waals surface area (Å²) in [7, 11) is 1.60. The summed E-state index contributed by atoms with van der Waals surface area (Å²) in [6.07, 6.45) is 0. The number of aromatic nitrogens is 4. The number of carbonyl (C=O) groups excluding carboxylic acids is 3. The van der Waals surface area contributed by atoms with Crippen molar-refractivity contribution in [3.63, 3.8) is 0 Å². The number of rotatable bonds is 8. The Morgan fingerprint density at radius 2 is 1.66 bits per heavy atom. The van der Waals surface area contributed by atoms with Crippen LogP contribution in [0.15, 0.2) is 60.7 Å². The maximum Gasteiger partial charge on any atom is 0.262 e. The number of hydrogen-bond acceptors (Lipinski definition) is 8. The van der Waals surface area contributed by atoms with Gasteiger partial charge in [-0.3, -0.25) is 19.3 Å². The molecule has 3 amide bonds. The molecule has 0 unspecified atom stereocenters. The number of benzene rings is 2. The maximum atomic E-state index is 12.4. The van der Waals surface area contributed by atoms with E-state index in [2.05, 4.69) is 20.6 Å². The van der Waals surface area contributed by atoms with E-state index in [4.69, 9.17) is 9.47 Å². The molecule has 0 spiro atoms.